The van der Waals surface area contributed by atoms with E-state index in [2.05, 4.69) is 22.9 Å². The lowest BCUT2D eigenvalue weighted by Crippen LogP contribution is -1.92. The summed E-state index contributed by atoms with van der Waals surface area (Å²) in [6.45, 7) is 0. The van der Waals surface area contributed by atoms with Crippen molar-refractivity contribution >= 4 is 27.5 Å². The average Bonchev–Trinajstić information content (AvgIpc) is 1.37. The van der Waals surface area contributed by atoms with Crippen LogP contribution in [0.15, 0.2) is 0 Å². The van der Waals surface area contributed by atoms with Crippen molar-refractivity contribution < 1.29 is 0 Å². The zero-order chi connectivity index (χ0) is 3.41. The van der Waals surface area contributed by atoms with Gasteiger partial charge in [0.25, 0.3) is 0 Å². The Hall–Kier alpha value is 1.04. The van der Waals surface area contributed by atoms with Gasteiger partial charge in [0, 0.05) is 0 Å². The van der Waals surface area contributed by atoms with E-state index in [0.29, 0.717) is 0 Å². The van der Waals surface area contributed by atoms with E-state index in [0.717, 1.165) is 0 Å². The molecule has 0 aliphatic heterocycles. The summed E-state index contributed by atoms with van der Waals surface area (Å²) in [4.78, 5) is 0. The van der Waals surface area contributed by atoms with Crippen molar-refractivity contribution in [2.45, 2.75) is 0 Å². The molecule has 2 unspecified atom stereocenters. The molecular formula is H7NP2Si. The first-order valence-corrected chi connectivity index (χ1v) is 5.60. The van der Waals surface area contributed by atoms with E-state index in [-0.39, 0.29) is 9.35 Å². The molecule has 0 aliphatic rings. The SMILES string of the molecule is PN[SiH2]P. The van der Waals surface area contributed by atoms with Crippen LogP contribution >= 0.6 is 18.2 Å². The fourth-order valence-electron chi connectivity index (χ4n) is 0. The van der Waals surface area contributed by atoms with E-state index in [1.807, 2.05) is 0 Å². The molecule has 4 heteroatoms. The lowest BCUT2D eigenvalue weighted by molar-refractivity contribution is 1.72. The molecule has 0 saturated heterocycles. The van der Waals surface area contributed by atoms with E-state index in [1.54, 1.807) is 0 Å². The summed E-state index contributed by atoms with van der Waals surface area (Å²) in [6, 6.07) is 0. The first kappa shape index (κ1) is 5.04. The molecule has 0 radical (unpaired) electrons. The summed E-state index contributed by atoms with van der Waals surface area (Å²) in [5.41, 5.74) is 0. The van der Waals surface area contributed by atoms with Gasteiger partial charge in [0.2, 0.25) is 0 Å². The third kappa shape index (κ3) is 3.04. The maximum Gasteiger partial charge on any atom is 0.116 e. The van der Waals surface area contributed by atoms with E-state index >= 15 is 0 Å². The highest BCUT2D eigenvalue weighted by Crippen LogP contribution is 1.69. The van der Waals surface area contributed by atoms with E-state index in [4.69, 9.17) is 0 Å². The molecule has 0 aliphatic carbocycles. The Bertz CT molecular complexity index is 8.00. The van der Waals surface area contributed by atoms with Crippen molar-refractivity contribution in [3.05, 3.63) is 0 Å². The standard InChI is InChI=1S/H7NP2Si/c2-1-4-3/h1H,2-4H2. The second-order valence-electron chi connectivity index (χ2n) is 0.408. The lowest BCUT2D eigenvalue weighted by Gasteiger charge is -1.74. The minimum atomic E-state index is 0.0540. The van der Waals surface area contributed by atoms with Gasteiger partial charge in [-0.15, -0.1) is 8.79 Å². The summed E-state index contributed by atoms with van der Waals surface area (Å²) in [5, 5.41) is 0. The molecule has 26 valence electrons. The molecule has 0 fully saturated rings. The van der Waals surface area contributed by atoms with Gasteiger partial charge in [-0.25, -0.2) is 0 Å². The summed E-state index contributed by atoms with van der Waals surface area (Å²) in [6.07, 6.45) is 0. The van der Waals surface area contributed by atoms with Gasteiger partial charge in [0.05, 0.1) is 0 Å². The molecule has 0 amide bonds. The van der Waals surface area contributed by atoms with E-state index in [9.17, 15) is 0 Å². The molecule has 0 bridgehead atoms. The third-order valence-corrected chi connectivity index (χ3v) is 3.18. The highest BCUT2D eigenvalue weighted by Gasteiger charge is 1.53. The summed E-state index contributed by atoms with van der Waals surface area (Å²) < 4.78 is 2.95. The van der Waals surface area contributed by atoms with Crippen molar-refractivity contribution in [1.29, 1.82) is 0 Å². The highest BCUT2D eigenvalue weighted by atomic mass is 31.3. The first-order chi connectivity index (χ1) is 1.91. The average molecular weight is 111 g/mol. The van der Waals surface area contributed by atoms with Crippen molar-refractivity contribution in [1.82, 2.24) is 4.75 Å². The topological polar surface area (TPSA) is 12.0 Å². The Morgan fingerprint density at radius 2 is 2.00 bits per heavy atom. The van der Waals surface area contributed by atoms with Crippen LogP contribution in [0, 0.1) is 0 Å². The number of rotatable bonds is 1. The molecule has 1 nitrogen and oxygen atoms in total. The first-order valence-electron chi connectivity index (χ1n) is 1.05. The summed E-state index contributed by atoms with van der Waals surface area (Å²) in [5.74, 6) is 0. The van der Waals surface area contributed by atoms with Crippen LogP contribution in [0.3, 0.4) is 0 Å². The van der Waals surface area contributed by atoms with Crippen molar-refractivity contribution in [2.75, 3.05) is 0 Å². The zero-order valence-corrected chi connectivity index (χ0v) is 6.09. The van der Waals surface area contributed by atoms with Crippen molar-refractivity contribution in [3.63, 3.8) is 0 Å². The molecule has 0 rings (SSSR count). The van der Waals surface area contributed by atoms with Crippen LogP contribution in [0.1, 0.15) is 0 Å². The second kappa shape index (κ2) is 4.04. The Kier molecular flexibility index (Phi) is 5.08. The Balaban J connectivity index is 1.97. The van der Waals surface area contributed by atoms with Gasteiger partial charge in [0.15, 0.2) is 0 Å². The number of hydrogen-bond donors (Lipinski definition) is 1. The van der Waals surface area contributed by atoms with Crippen LogP contribution < -0.4 is 4.75 Å². The maximum atomic E-state index is 2.95. The quantitative estimate of drug-likeness (QED) is 0.346. The predicted molar refractivity (Wildman–Crippen MR) is 31.1 cm³/mol. The van der Waals surface area contributed by atoms with Crippen LogP contribution in [-0.2, 0) is 0 Å². The number of hydrogen-bond acceptors (Lipinski definition) is 1. The van der Waals surface area contributed by atoms with Crippen molar-refractivity contribution in [2.24, 2.45) is 0 Å². The molecule has 0 saturated carbocycles. The monoisotopic (exact) mass is 111 g/mol. The second-order valence-corrected chi connectivity index (χ2v) is 3.67. The molecule has 0 heterocycles. The Morgan fingerprint density at radius 1 is 1.75 bits per heavy atom. The van der Waals surface area contributed by atoms with Crippen LogP contribution in [0.4, 0.5) is 0 Å². The molecule has 1 N–H and O–H groups in total. The smallest absolute Gasteiger partial charge is 0.116 e. The van der Waals surface area contributed by atoms with Gasteiger partial charge in [-0.1, -0.05) is 9.39 Å². The fraction of sp³-hybridized carbons (Fsp3) is 0. The molecule has 2 atom stereocenters. The van der Waals surface area contributed by atoms with Gasteiger partial charge >= 0.3 is 0 Å². The van der Waals surface area contributed by atoms with Crippen LogP contribution in [0.2, 0.25) is 0 Å². The summed E-state index contributed by atoms with van der Waals surface area (Å²) in [7, 11) is 5.16. The van der Waals surface area contributed by atoms with E-state index < -0.39 is 0 Å². The normalized spacial score (nSPS) is 10.5. The van der Waals surface area contributed by atoms with Crippen LogP contribution in [-0.4, -0.2) is 9.35 Å². The molecule has 0 aromatic rings. The van der Waals surface area contributed by atoms with Gasteiger partial charge in [-0.05, 0) is 0 Å². The van der Waals surface area contributed by atoms with Gasteiger partial charge in [0.1, 0.15) is 9.35 Å². The van der Waals surface area contributed by atoms with Gasteiger partial charge in [-0.2, -0.15) is 0 Å². The molecule has 4 heavy (non-hydrogen) atoms. The minimum Gasteiger partial charge on any atom is -0.323 e. The molecule has 0 aromatic heterocycles. The number of nitrogens with one attached hydrogen (secondary N) is 1. The summed E-state index contributed by atoms with van der Waals surface area (Å²) >= 11 is 0. The largest absolute Gasteiger partial charge is 0.323 e. The van der Waals surface area contributed by atoms with Crippen LogP contribution in [0.5, 0.6) is 0 Å². The van der Waals surface area contributed by atoms with Gasteiger partial charge in [-0.3, -0.25) is 0 Å². The molecular weight excluding hydrogens is 104 g/mol. The van der Waals surface area contributed by atoms with Crippen LogP contribution in [0.25, 0.3) is 0 Å². The zero-order valence-electron chi connectivity index (χ0n) is 2.36. The van der Waals surface area contributed by atoms with Gasteiger partial charge < -0.3 is 4.75 Å². The third-order valence-electron chi connectivity index (χ3n) is 0.118. The molecule has 0 aromatic carbocycles. The van der Waals surface area contributed by atoms with E-state index in [1.165, 1.54) is 0 Å². The maximum absolute atomic E-state index is 2.95. The van der Waals surface area contributed by atoms with Crippen molar-refractivity contribution in [3.8, 4) is 0 Å². The lowest BCUT2D eigenvalue weighted by atomic mass is 13.9. The minimum absolute atomic E-state index is 0.0540. The highest BCUT2D eigenvalue weighted by molar-refractivity contribution is 7.57. The fourth-order valence-corrected chi connectivity index (χ4v) is 0. The Morgan fingerprint density at radius 3 is 2.00 bits per heavy atom. The predicted octanol–water partition coefficient (Wildman–Crippen LogP) is -0.760. The Labute approximate surface area is 33.1 Å². The molecule has 0 spiro atoms.